The Hall–Kier alpha value is -1.35. The fraction of sp³-hybridized carbons (Fsp3) is 0.533. The van der Waals surface area contributed by atoms with Gasteiger partial charge in [-0.25, -0.2) is 4.99 Å². The first-order valence-electron chi connectivity index (χ1n) is 6.69. The molecule has 3 nitrogen and oxygen atoms in total. The van der Waals surface area contributed by atoms with Gasteiger partial charge in [0.05, 0.1) is 7.98 Å². The number of hydrogen-bond acceptors (Lipinski definition) is 3. The van der Waals surface area contributed by atoms with E-state index in [0.29, 0.717) is 12.5 Å². The lowest BCUT2D eigenvalue weighted by molar-refractivity contribution is 0.114. The zero-order chi connectivity index (χ0) is 14.1. The maximum Gasteiger partial charge on any atom is 0.190 e. The van der Waals surface area contributed by atoms with Crippen molar-refractivity contribution in [1.29, 1.82) is 0 Å². The third kappa shape index (κ3) is 2.72. The van der Waals surface area contributed by atoms with E-state index in [2.05, 4.69) is 4.99 Å². The Morgan fingerprint density at radius 1 is 1.33 bits per heavy atom. The zero-order valence-electron chi connectivity index (χ0n) is 12.4. The number of methoxy groups -OCH3 is 1. The van der Waals surface area contributed by atoms with Crippen molar-refractivity contribution in [2.24, 2.45) is 10.4 Å². The first-order chi connectivity index (χ1) is 8.88. The molecule has 18 heavy (non-hydrogen) atoms. The Morgan fingerprint density at radius 2 is 2.00 bits per heavy atom. The Morgan fingerprint density at radius 3 is 2.56 bits per heavy atom. The van der Waals surface area contributed by atoms with Gasteiger partial charge < -0.3 is 9.47 Å². The van der Waals surface area contributed by atoms with Crippen LogP contribution in [0.2, 0.25) is 0 Å². The first-order valence-corrected chi connectivity index (χ1v) is 6.19. The molecule has 2 rings (SSSR count). The molecule has 1 aliphatic heterocycles. The average Bonchev–Trinajstić information content (AvgIpc) is 2.70. The van der Waals surface area contributed by atoms with Crippen LogP contribution in [0.3, 0.4) is 0 Å². The van der Waals surface area contributed by atoms with Crippen molar-refractivity contribution < 1.29 is 10.8 Å². The van der Waals surface area contributed by atoms with Crippen molar-refractivity contribution in [3.8, 4) is 0 Å². The van der Waals surface area contributed by atoms with Crippen LogP contribution in [0.15, 0.2) is 35.3 Å². The highest BCUT2D eigenvalue weighted by molar-refractivity contribution is 5.83. The van der Waals surface area contributed by atoms with Crippen LogP contribution in [0.1, 0.15) is 33.8 Å². The van der Waals surface area contributed by atoms with Crippen molar-refractivity contribution >= 4 is 5.90 Å². The van der Waals surface area contributed by atoms with Crippen LogP contribution < -0.4 is 0 Å². The summed E-state index contributed by atoms with van der Waals surface area (Å²) in [5.41, 5.74) is 0.601. The molecule has 0 aromatic heterocycles. The molecule has 0 bridgehead atoms. The van der Waals surface area contributed by atoms with E-state index in [9.17, 15) is 0 Å². The minimum absolute atomic E-state index is 0.205. The number of nitrogens with zero attached hydrogens (tertiary/aromatic N) is 1. The third-order valence-corrected chi connectivity index (χ3v) is 2.81. The van der Waals surface area contributed by atoms with E-state index in [0.717, 1.165) is 5.56 Å². The summed E-state index contributed by atoms with van der Waals surface area (Å²) in [6, 6.07) is 9.21. The highest BCUT2D eigenvalue weighted by Crippen LogP contribution is 2.34. The second-order valence-corrected chi connectivity index (χ2v) is 5.49. The highest BCUT2D eigenvalue weighted by Gasteiger charge is 2.36. The highest BCUT2D eigenvalue weighted by atomic mass is 16.5. The van der Waals surface area contributed by atoms with Crippen molar-refractivity contribution in [3.05, 3.63) is 35.9 Å². The molecule has 1 aromatic carbocycles. The molecule has 0 fully saturated rings. The molecule has 1 aliphatic rings. The summed E-state index contributed by atoms with van der Waals surface area (Å²) < 4.78 is 19.8. The van der Waals surface area contributed by atoms with Gasteiger partial charge in [0.15, 0.2) is 5.90 Å². The van der Waals surface area contributed by atoms with Gasteiger partial charge in [-0.05, 0) is 5.56 Å². The Balaban J connectivity index is 2.36. The van der Waals surface area contributed by atoms with Crippen LogP contribution in [0.25, 0.3) is 0 Å². The van der Waals surface area contributed by atoms with Crippen LogP contribution in [-0.4, -0.2) is 25.7 Å². The molecule has 0 aliphatic carbocycles. The summed E-state index contributed by atoms with van der Waals surface area (Å²) in [7, 11) is 1.62. The fourth-order valence-electron chi connectivity index (χ4n) is 1.87. The quantitative estimate of drug-likeness (QED) is 0.822. The smallest absolute Gasteiger partial charge is 0.190 e. The summed E-state index contributed by atoms with van der Waals surface area (Å²) in [4.78, 5) is 4.56. The summed E-state index contributed by atoms with van der Waals surface area (Å²) in [5.74, 6) is 0.619. The lowest BCUT2D eigenvalue weighted by atomic mass is 9.97. The van der Waals surface area contributed by atoms with Gasteiger partial charge in [0.2, 0.25) is 0 Å². The molecular formula is C15H21NO2. The lowest BCUT2D eigenvalue weighted by Crippen LogP contribution is -2.22. The van der Waals surface area contributed by atoms with Gasteiger partial charge in [-0.3, -0.25) is 0 Å². The predicted molar refractivity (Wildman–Crippen MR) is 72.8 cm³/mol. The summed E-state index contributed by atoms with van der Waals surface area (Å²) in [5, 5.41) is 0. The first kappa shape index (κ1) is 11.7. The summed E-state index contributed by atoms with van der Waals surface area (Å²) >= 11 is 0. The fourth-order valence-corrected chi connectivity index (χ4v) is 1.87. The Labute approximate surface area is 110 Å². The maximum atomic E-state index is 8.68. The molecule has 0 saturated carbocycles. The average molecular weight is 248 g/mol. The van der Waals surface area contributed by atoms with Crippen molar-refractivity contribution in [2.75, 3.05) is 13.7 Å². The molecule has 0 saturated heterocycles. The molecular weight excluding hydrogens is 226 g/mol. The van der Waals surface area contributed by atoms with Crippen molar-refractivity contribution in [3.63, 3.8) is 0 Å². The van der Waals surface area contributed by atoms with Gasteiger partial charge >= 0.3 is 0 Å². The predicted octanol–water partition coefficient (Wildman–Crippen LogP) is 3.22. The van der Waals surface area contributed by atoms with E-state index >= 15 is 0 Å². The topological polar surface area (TPSA) is 30.8 Å². The number of rotatable bonds is 3. The molecule has 0 spiro atoms. The van der Waals surface area contributed by atoms with E-state index < -0.39 is 6.08 Å². The SMILES string of the molecule is [2H][C@@]1(c2ccccc2)OC(C(C)(C)C)=N[C@H]1COC. The summed E-state index contributed by atoms with van der Waals surface area (Å²) in [6.45, 7) is 6.48. The van der Waals surface area contributed by atoms with Gasteiger partial charge in [0.25, 0.3) is 0 Å². The second-order valence-electron chi connectivity index (χ2n) is 5.49. The van der Waals surface area contributed by atoms with Crippen LogP contribution in [0, 0.1) is 5.41 Å². The van der Waals surface area contributed by atoms with Gasteiger partial charge in [-0.15, -0.1) is 0 Å². The number of hydrogen-bond donors (Lipinski definition) is 0. The molecule has 0 unspecified atom stereocenters. The molecule has 2 atom stereocenters. The van der Waals surface area contributed by atoms with Crippen LogP contribution >= 0.6 is 0 Å². The van der Waals surface area contributed by atoms with Gasteiger partial charge in [0, 0.05) is 12.5 Å². The standard InChI is InChI=1S/C15H21NO2/c1-15(2,3)14-16-12(10-17-4)13(18-14)11-8-6-5-7-9-11/h5-9,12-13H,10H2,1-4H3/t12-,13-/m0/s1/i13D. The lowest BCUT2D eigenvalue weighted by Gasteiger charge is -2.21. The van der Waals surface area contributed by atoms with Gasteiger partial charge in [0.1, 0.15) is 12.1 Å². The van der Waals surface area contributed by atoms with Gasteiger partial charge in [-0.1, -0.05) is 51.1 Å². The molecule has 0 N–H and O–H groups in total. The largest absolute Gasteiger partial charge is 0.470 e. The van der Waals surface area contributed by atoms with E-state index in [1.807, 2.05) is 51.1 Å². The van der Waals surface area contributed by atoms with Crippen LogP contribution in [0.4, 0.5) is 0 Å². The van der Waals surface area contributed by atoms with Crippen molar-refractivity contribution in [2.45, 2.75) is 32.9 Å². The number of benzene rings is 1. The van der Waals surface area contributed by atoms with E-state index in [4.69, 9.17) is 10.8 Å². The van der Waals surface area contributed by atoms with E-state index in [1.54, 1.807) is 7.11 Å². The molecule has 0 radical (unpaired) electrons. The maximum absolute atomic E-state index is 8.68. The molecule has 0 amide bonds. The molecule has 98 valence electrons. The van der Waals surface area contributed by atoms with E-state index in [1.165, 1.54) is 0 Å². The second kappa shape index (κ2) is 5.11. The van der Waals surface area contributed by atoms with Crippen molar-refractivity contribution in [1.82, 2.24) is 0 Å². The molecule has 3 heteroatoms. The number of ether oxygens (including phenoxy) is 2. The number of aliphatic imine (C=N–C) groups is 1. The minimum Gasteiger partial charge on any atom is -0.470 e. The molecule has 1 heterocycles. The normalized spacial score (nSPS) is 28.6. The third-order valence-electron chi connectivity index (χ3n) is 2.81. The van der Waals surface area contributed by atoms with E-state index in [-0.39, 0.29) is 11.5 Å². The monoisotopic (exact) mass is 248 g/mol. The minimum atomic E-state index is -1.19. The molecule has 1 aromatic rings. The summed E-state index contributed by atoms with van der Waals surface area (Å²) in [6.07, 6.45) is -1.19. The Bertz CT molecular complexity index is 467. The zero-order valence-corrected chi connectivity index (χ0v) is 11.4. The van der Waals surface area contributed by atoms with Gasteiger partial charge in [-0.2, -0.15) is 0 Å². The van der Waals surface area contributed by atoms with Crippen LogP contribution in [0.5, 0.6) is 0 Å². The Kier molecular flexibility index (Phi) is 3.33. The van der Waals surface area contributed by atoms with Crippen LogP contribution in [-0.2, 0) is 9.47 Å².